The molecule has 0 fully saturated rings. The summed E-state index contributed by atoms with van der Waals surface area (Å²) in [7, 11) is 0. The smallest absolute Gasteiger partial charge is 0.217 e. The molecule has 1 aromatic heterocycles. The molecule has 0 atom stereocenters. The van der Waals surface area contributed by atoms with Gasteiger partial charge in [0.15, 0.2) is 3.83 Å². The van der Waals surface area contributed by atoms with E-state index in [1.54, 1.807) is 12.3 Å². The molecule has 0 N–H and O–H groups in total. The summed E-state index contributed by atoms with van der Waals surface area (Å²) in [5, 5.41) is 0. The van der Waals surface area contributed by atoms with Crippen LogP contribution in [0.15, 0.2) is 12.3 Å². The maximum absolute atomic E-state index is 5.34. The van der Waals surface area contributed by atoms with Gasteiger partial charge in [0.1, 0.15) is 0 Å². The van der Waals surface area contributed by atoms with Gasteiger partial charge in [-0.2, -0.15) is 4.98 Å². The molecule has 60 valence electrons. The molecule has 1 heterocycles. The van der Waals surface area contributed by atoms with E-state index in [9.17, 15) is 0 Å². The Labute approximate surface area is 79.3 Å². The third-order valence-corrected chi connectivity index (χ3v) is 1.48. The van der Waals surface area contributed by atoms with Gasteiger partial charge in [-0.25, -0.2) is 4.98 Å². The summed E-state index contributed by atoms with van der Waals surface area (Å²) in [6.07, 6.45) is 1.85. The van der Waals surface area contributed by atoms with Gasteiger partial charge < -0.3 is 4.74 Å². The number of nitrogens with zero attached hydrogens (tertiary/aromatic N) is 2. The van der Waals surface area contributed by atoms with Gasteiger partial charge in [0, 0.05) is 34.9 Å². The Morgan fingerprint density at radius 3 is 2.82 bits per heavy atom. The molecular weight excluding hydrogens is 255 g/mol. The lowest BCUT2D eigenvalue weighted by Gasteiger charge is -2.07. The summed E-state index contributed by atoms with van der Waals surface area (Å²) in [4.78, 5) is 8.01. The lowest BCUT2D eigenvalue weighted by molar-refractivity contribution is 0.231. The van der Waals surface area contributed by atoms with Gasteiger partial charge in [0.25, 0.3) is 0 Å². The van der Waals surface area contributed by atoms with Gasteiger partial charge in [0.2, 0.25) is 5.88 Å². The van der Waals surface area contributed by atoms with Crippen LogP contribution in [0.5, 0.6) is 5.88 Å². The van der Waals surface area contributed by atoms with Gasteiger partial charge in [-0.05, 0) is 13.8 Å². The van der Waals surface area contributed by atoms with Crippen molar-refractivity contribution in [3.8, 4) is 5.88 Å². The highest BCUT2D eigenvalue weighted by Gasteiger charge is 1.98. The van der Waals surface area contributed by atoms with Crippen LogP contribution in [0.1, 0.15) is 13.8 Å². The van der Waals surface area contributed by atoms with E-state index in [2.05, 4.69) is 9.97 Å². The van der Waals surface area contributed by atoms with Gasteiger partial charge >= 0.3 is 0 Å². The van der Waals surface area contributed by atoms with E-state index in [4.69, 9.17) is 4.74 Å². The van der Waals surface area contributed by atoms with Crippen LogP contribution in [-0.2, 0) is 0 Å². The molecular formula is C7H9IN2O. The van der Waals surface area contributed by atoms with Crippen LogP contribution < -0.4 is 4.74 Å². The van der Waals surface area contributed by atoms with Crippen LogP contribution in [0.4, 0.5) is 0 Å². The van der Waals surface area contributed by atoms with Crippen molar-refractivity contribution in [2.45, 2.75) is 20.0 Å². The zero-order chi connectivity index (χ0) is 8.27. The molecule has 0 saturated carbocycles. The van der Waals surface area contributed by atoms with Gasteiger partial charge in [-0.3, -0.25) is 0 Å². The van der Waals surface area contributed by atoms with Crippen molar-refractivity contribution in [1.29, 1.82) is 0 Å². The van der Waals surface area contributed by atoms with Crippen molar-refractivity contribution in [2.24, 2.45) is 0 Å². The molecule has 0 radical (unpaired) electrons. The van der Waals surface area contributed by atoms with Crippen LogP contribution in [0.3, 0.4) is 0 Å². The zero-order valence-corrected chi connectivity index (χ0v) is 8.57. The highest BCUT2D eigenvalue weighted by Crippen LogP contribution is 2.08. The first-order chi connectivity index (χ1) is 5.18. The van der Waals surface area contributed by atoms with Crippen molar-refractivity contribution in [2.75, 3.05) is 0 Å². The second-order valence-corrected chi connectivity index (χ2v) is 3.30. The van der Waals surface area contributed by atoms with E-state index in [0.717, 1.165) is 0 Å². The maximum atomic E-state index is 5.34. The summed E-state index contributed by atoms with van der Waals surface area (Å²) >= 11 is 2.05. The van der Waals surface area contributed by atoms with Crippen LogP contribution in [-0.4, -0.2) is 16.1 Å². The number of aromatic nitrogens is 2. The van der Waals surface area contributed by atoms with Crippen molar-refractivity contribution >= 4 is 22.6 Å². The fourth-order valence-corrected chi connectivity index (χ4v) is 1.03. The minimum atomic E-state index is 0.167. The minimum absolute atomic E-state index is 0.167. The Morgan fingerprint density at radius 1 is 1.55 bits per heavy atom. The standard InChI is InChI=1S/C7H9IN2O/c1-5(2)11-6-3-4-9-7(8)10-6/h3-5H,1-2H3. The molecule has 3 nitrogen and oxygen atoms in total. The van der Waals surface area contributed by atoms with Crippen LogP contribution in [0.2, 0.25) is 0 Å². The molecule has 1 rings (SSSR count). The minimum Gasteiger partial charge on any atom is -0.475 e. The van der Waals surface area contributed by atoms with E-state index in [-0.39, 0.29) is 6.10 Å². The largest absolute Gasteiger partial charge is 0.475 e. The first-order valence-electron chi connectivity index (χ1n) is 3.33. The van der Waals surface area contributed by atoms with E-state index in [1.807, 2.05) is 36.4 Å². The normalized spacial score (nSPS) is 10.2. The topological polar surface area (TPSA) is 35.0 Å². The Bertz CT molecular complexity index is 240. The summed E-state index contributed by atoms with van der Waals surface area (Å²) < 4.78 is 6.05. The first kappa shape index (κ1) is 8.70. The molecule has 0 bridgehead atoms. The lowest BCUT2D eigenvalue weighted by atomic mass is 10.5. The van der Waals surface area contributed by atoms with Crippen LogP contribution in [0, 0.1) is 3.83 Å². The third-order valence-electron chi connectivity index (χ3n) is 0.957. The maximum Gasteiger partial charge on any atom is 0.217 e. The van der Waals surface area contributed by atoms with E-state index in [1.165, 1.54) is 0 Å². The van der Waals surface area contributed by atoms with Crippen molar-refractivity contribution in [3.05, 3.63) is 16.1 Å². The lowest BCUT2D eigenvalue weighted by Crippen LogP contribution is -2.07. The molecule has 0 unspecified atom stereocenters. The summed E-state index contributed by atoms with van der Waals surface area (Å²) in [6.45, 7) is 3.93. The Morgan fingerprint density at radius 2 is 2.27 bits per heavy atom. The van der Waals surface area contributed by atoms with Crippen LogP contribution in [0.25, 0.3) is 0 Å². The Hall–Kier alpha value is -0.390. The summed E-state index contributed by atoms with van der Waals surface area (Å²) in [5.41, 5.74) is 0. The predicted octanol–water partition coefficient (Wildman–Crippen LogP) is 1.87. The van der Waals surface area contributed by atoms with E-state index in [0.29, 0.717) is 9.71 Å². The van der Waals surface area contributed by atoms with Crippen molar-refractivity contribution in [1.82, 2.24) is 9.97 Å². The second kappa shape index (κ2) is 3.85. The summed E-state index contributed by atoms with van der Waals surface area (Å²) in [6, 6.07) is 1.75. The third kappa shape index (κ3) is 3.00. The van der Waals surface area contributed by atoms with Gasteiger partial charge in [0.05, 0.1) is 6.10 Å². The average Bonchev–Trinajstić information content (AvgIpc) is 1.85. The van der Waals surface area contributed by atoms with Crippen LogP contribution >= 0.6 is 22.6 Å². The Balaban J connectivity index is 2.71. The van der Waals surface area contributed by atoms with Crippen molar-refractivity contribution in [3.63, 3.8) is 0 Å². The van der Waals surface area contributed by atoms with E-state index >= 15 is 0 Å². The number of rotatable bonds is 2. The fraction of sp³-hybridized carbons (Fsp3) is 0.429. The SMILES string of the molecule is CC(C)Oc1ccnc(I)n1. The second-order valence-electron chi connectivity index (χ2n) is 2.33. The van der Waals surface area contributed by atoms with Gasteiger partial charge in [-0.15, -0.1) is 0 Å². The molecule has 1 aromatic rings. The number of hydrogen-bond acceptors (Lipinski definition) is 3. The molecule has 0 saturated heterocycles. The molecule has 0 aliphatic heterocycles. The summed E-state index contributed by atoms with van der Waals surface area (Å²) in [5.74, 6) is 0.638. The zero-order valence-electron chi connectivity index (χ0n) is 6.41. The molecule has 0 spiro atoms. The van der Waals surface area contributed by atoms with Gasteiger partial charge in [-0.1, -0.05) is 0 Å². The van der Waals surface area contributed by atoms with E-state index < -0.39 is 0 Å². The molecule has 0 aromatic carbocycles. The molecule has 11 heavy (non-hydrogen) atoms. The molecule has 4 heteroatoms. The highest BCUT2D eigenvalue weighted by molar-refractivity contribution is 14.1. The molecule has 0 aliphatic rings. The number of ether oxygens (including phenoxy) is 1. The fourth-order valence-electron chi connectivity index (χ4n) is 0.627. The molecule has 0 aliphatic carbocycles. The quantitative estimate of drug-likeness (QED) is 0.604. The predicted molar refractivity (Wildman–Crippen MR) is 50.5 cm³/mol. The first-order valence-corrected chi connectivity index (χ1v) is 4.41. The average molecular weight is 264 g/mol. The number of halogens is 1. The number of hydrogen-bond donors (Lipinski definition) is 0. The highest BCUT2D eigenvalue weighted by atomic mass is 127. The monoisotopic (exact) mass is 264 g/mol. The Kier molecular flexibility index (Phi) is 3.04. The molecule has 0 amide bonds. The van der Waals surface area contributed by atoms with Crippen molar-refractivity contribution < 1.29 is 4.74 Å².